The van der Waals surface area contributed by atoms with Gasteiger partial charge >= 0.3 is 0 Å². The number of thioether (sulfide) groups is 1. The van der Waals surface area contributed by atoms with E-state index in [0.717, 1.165) is 35.3 Å². The highest BCUT2D eigenvalue weighted by Gasteiger charge is 2.39. The number of furan rings is 1. The highest BCUT2D eigenvalue weighted by Crippen LogP contribution is 2.38. The van der Waals surface area contributed by atoms with Crippen LogP contribution in [-0.2, 0) is 20.1 Å². The number of nitrogens with zero attached hydrogens (tertiary/aromatic N) is 1. The molecule has 2 heterocycles. The fourth-order valence-corrected chi connectivity index (χ4v) is 4.46. The highest BCUT2D eigenvalue weighted by atomic mass is 32.2. The summed E-state index contributed by atoms with van der Waals surface area (Å²) >= 11 is 1.37. The maximum absolute atomic E-state index is 13.3. The minimum atomic E-state index is -0.222. The molecular formula is C24H29NO4S. The molecule has 0 saturated heterocycles. The third kappa shape index (κ3) is 5.24. The lowest BCUT2D eigenvalue weighted by Gasteiger charge is -2.15. The maximum Gasteiger partial charge on any atom is 0.267 e. The highest BCUT2D eigenvalue weighted by molar-refractivity contribution is 8.03. The number of benzene rings is 1. The zero-order valence-electron chi connectivity index (χ0n) is 17.9. The molecule has 2 aromatic rings. The zero-order chi connectivity index (χ0) is 21.5. The molecule has 0 saturated carbocycles. The SMILES string of the molecule is CCCCOCCCN1C(=O)C(SCc2ccco2)=C(c2ccc(C)cc2C)C1=O. The normalized spacial score (nSPS) is 14.3. The van der Waals surface area contributed by atoms with Gasteiger partial charge in [-0.1, -0.05) is 37.1 Å². The van der Waals surface area contributed by atoms with Gasteiger partial charge in [0, 0.05) is 19.8 Å². The number of hydrogen-bond acceptors (Lipinski definition) is 5. The second-order valence-electron chi connectivity index (χ2n) is 7.47. The molecule has 0 aliphatic carbocycles. The van der Waals surface area contributed by atoms with Crippen LogP contribution in [0.2, 0.25) is 0 Å². The predicted octanol–water partition coefficient (Wildman–Crippen LogP) is 5.12. The first-order valence-electron chi connectivity index (χ1n) is 10.4. The van der Waals surface area contributed by atoms with Gasteiger partial charge in [0.1, 0.15) is 5.76 Å². The molecule has 5 nitrogen and oxygen atoms in total. The van der Waals surface area contributed by atoms with Crippen LogP contribution in [0.15, 0.2) is 45.9 Å². The molecule has 3 rings (SSSR count). The molecule has 1 aliphatic rings. The van der Waals surface area contributed by atoms with E-state index >= 15 is 0 Å². The van der Waals surface area contributed by atoms with E-state index in [1.54, 1.807) is 6.26 Å². The topological polar surface area (TPSA) is 59.8 Å². The molecule has 160 valence electrons. The molecule has 0 spiro atoms. The molecule has 1 aromatic heterocycles. The van der Waals surface area contributed by atoms with Crippen LogP contribution in [-0.4, -0.2) is 36.5 Å². The van der Waals surface area contributed by atoms with Crippen LogP contribution in [0.4, 0.5) is 0 Å². The minimum Gasteiger partial charge on any atom is -0.468 e. The van der Waals surface area contributed by atoms with Gasteiger partial charge in [-0.3, -0.25) is 14.5 Å². The Morgan fingerprint density at radius 1 is 1.07 bits per heavy atom. The second-order valence-corrected chi connectivity index (χ2v) is 8.46. The number of carbonyl (C=O) groups excluding carboxylic acids is 2. The number of rotatable bonds is 11. The van der Waals surface area contributed by atoms with E-state index in [1.807, 2.05) is 44.2 Å². The van der Waals surface area contributed by atoms with Gasteiger partial charge in [-0.05, 0) is 49.9 Å². The van der Waals surface area contributed by atoms with E-state index < -0.39 is 0 Å². The van der Waals surface area contributed by atoms with Crippen molar-refractivity contribution >= 4 is 29.1 Å². The van der Waals surface area contributed by atoms with Crippen LogP contribution in [0.25, 0.3) is 5.57 Å². The van der Waals surface area contributed by atoms with Gasteiger partial charge in [-0.15, -0.1) is 11.8 Å². The van der Waals surface area contributed by atoms with Gasteiger partial charge in [0.2, 0.25) is 0 Å². The Morgan fingerprint density at radius 2 is 1.87 bits per heavy atom. The van der Waals surface area contributed by atoms with Crippen LogP contribution in [0, 0.1) is 13.8 Å². The number of amides is 2. The third-order valence-electron chi connectivity index (χ3n) is 5.03. The summed E-state index contributed by atoms with van der Waals surface area (Å²) in [6.45, 7) is 7.74. The first kappa shape index (κ1) is 22.4. The van der Waals surface area contributed by atoms with Crippen molar-refractivity contribution in [2.24, 2.45) is 0 Å². The van der Waals surface area contributed by atoms with Crippen LogP contribution in [0.5, 0.6) is 0 Å². The molecule has 6 heteroatoms. The summed E-state index contributed by atoms with van der Waals surface area (Å²) < 4.78 is 11.0. The van der Waals surface area contributed by atoms with Crippen molar-refractivity contribution in [3.63, 3.8) is 0 Å². The van der Waals surface area contributed by atoms with Gasteiger partial charge < -0.3 is 9.15 Å². The van der Waals surface area contributed by atoms with Crippen LogP contribution in [0.1, 0.15) is 48.6 Å². The lowest BCUT2D eigenvalue weighted by molar-refractivity contribution is -0.136. The first-order chi connectivity index (χ1) is 14.5. The number of hydrogen-bond donors (Lipinski definition) is 0. The Bertz CT molecular complexity index is 917. The van der Waals surface area contributed by atoms with Gasteiger partial charge in [0.25, 0.3) is 11.8 Å². The number of ether oxygens (including phenoxy) is 1. The lowest BCUT2D eigenvalue weighted by Crippen LogP contribution is -2.33. The molecule has 0 fully saturated rings. The molecule has 0 radical (unpaired) electrons. The number of carbonyl (C=O) groups is 2. The van der Waals surface area contributed by atoms with E-state index in [-0.39, 0.29) is 11.8 Å². The van der Waals surface area contributed by atoms with Gasteiger partial charge in [0.15, 0.2) is 0 Å². The molecule has 1 aliphatic heterocycles. The minimum absolute atomic E-state index is 0.220. The average Bonchev–Trinajstić information content (AvgIpc) is 3.31. The summed E-state index contributed by atoms with van der Waals surface area (Å²) in [5, 5.41) is 0. The Hall–Kier alpha value is -2.31. The molecule has 1 aromatic carbocycles. The molecule has 2 amide bonds. The van der Waals surface area contributed by atoms with E-state index in [2.05, 4.69) is 6.92 Å². The summed E-state index contributed by atoms with van der Waals surface area (Å²) in [5.41, 5.74) is 3.44. The van der Waals surface area contributed by atoms with Gasteiger partial charge in [-0.2, -0.15) is 0 Å². The van der Waals surface area contributed by atoms with Gasteiger partial charge in [0.05, 0.1) is 22.5 Å². The predicted molar refractivity (Wildman–Crippen MR) is 120 cm³/mol. The molecule has 30 heavy (non-hydrogen) atoms. The summed E-state index contributed by atoms with van der Waals surface area (Å²) in [5.74, 6) is 0.835. The summed E-state index contributed by atoms with van der Waals surface area (Å²) in [7, 11) is 0. The van der Waals surface area contributed by atoms with Crippen molar-refractivity contribution in [1.29, 1.82) is 0 Å². The molecule has 0 N–H and O–H groups in total. The standard InChI is InChI=1S/C24H29NO4S/c1-4-5-12-28-13-7-11-25-23(26)21(20-10-9-17(2)15-18(20)3)22(24(25)27)30-16-19-8-6-14-29-19/h6,8-10,14-15H,4-5,7,11-13,16H2,1-3H3. The molecular weight excluding hydrogens is 398 g/mol. The fraction of sp³-hybridized carbons (Fsp3) is 0.417. The summed E-state index contributed by atoms with van der Waals surface area (Å²) in [6.07, 6.45) is 4.36. The quantitative estimate of drug-likeness (QED) is 0.368. The maximum atomic E-state index is 13.3. The number of aryl methyl sites for hydroxylation is 2. The Labute approximate surface area is 182 Å². The summed E-state index contributed by atoms with van der Waals surface area (Å²) in [6, 6.07) is 9.65. The van der Waals surface area contributed by atoms with Crippen LogP contribution in [0.3, 0.4) is 0 Å². The Balaban J connectivity index is 1.79. The van der Waals surface area contributed by atoms with Crippen molar-refractivity contribution in [1.82, 2.24) is 4.90 Å². The smallest absolute Gasteiger partial charge is 0.267 e. The van der Waals surface area contributed by atoms with Crippen molar-refractivity contribution in [2.45, 2.75) is 45.8 Å². The zero-order valence-corrected chi connectivity index (χ0v) is 18.7. The van der Waals surface area contributed by atoms with E-state index in [4.69, 9.17) is 9.15 Å². The van der Waals surface area contributed by atoms with Crippen molar-refractivity contribution in [3.8, 4) is 0 Å². The van der Waals surface area contributed by atoms with E-state index in [9.17, 15) is 9.59 Å². The number of imide groups is 1. The summed E-state index contributed by atoms with van der Waals surface area (Å²) in [4.78, 5) is 28.3. The number of unbranched alkanes of at least 4 members (excludes halogenated alkanes) is 1. The van der Waals surface area contributed by atoms with Crippen LogP contribution < -0.4 is 0 Å². The van der Waals surface area contributed by atoms with Crippen LogP contribution >= 0.6 is 11.8 Å². The fourth-order valence-electron chi connectivity index (χ4n) is 3.43. The Morgan fingerprint density at radius 3 is 2.57 bits per heavy atom. The lowest BCUT2D eigenvalue weighted by atomic mass is 9.99. The van der Waals surface area contributed by atoms with Crippen molar-refractivity contribution in [3.05, 3.63) is 64.0 Å². The molecule has 0 atom stereocenters. The largest absolute Gasteiger partial charge is 0.468 e. The van der Waals surface area contributed by atoms with Crippen molar-refractivity contribution < 1.29 is 18.7 Å². The average molecular weight is 428 g/mol. The molecule has 0 bridgehead atoms. The first-order valence-corrected chi connectivity index (χ1v) is 11.4. The van der Waals surface area contributed by atoms with Crippen molar-refractivity contribution in [2.75, 3.05) is 19.8 Å². The third-order valence-corrected chi connectivity index (χ3v) is 6.12. The Kier molecular flexibility index (Phi) is 7.94. The second kappa shape index (κ2) is 10.6. The van der Waals surface area contributed by atoms with Gasteiger partial charge in [-0.25, -0.2) is 0 Å². The van der Waals surface area contributed by atoms with E-state index in [1.165, 1.54) is 16.7 Å². The monoisotopic (exact) mass is 427 g/mol. The van der Waals surface area contributed by atoms with E-state index in [0.29, 0.717) is 42.4 Å². The molecule has 0 unspecified atom stereocenters.